The van der Waals surface area contributed by atoms with Gasteiger partial charge in [0.2, 0.25) is 0 Å². The van der Waals surface area contributed by atoms with E-state index in [1.54, 1.807) is 24.3 Å². The number of benzene rings is 2. The number of halogens is 3. The van der Waals surface area contributed by atoms with Crippen LogP contribution in [0.2, 0.25) is 0 Å². The molecule has 0 radical (unpaired) electrons. The van der Waals surface area contributed by atoms with Crippen LogP contribution in [0, 0.1) is 0 Å². The zero-order valence-electron chi connectivity index (χ0n) is 14.7. The number of alkyl halides is 3. The van der Waals surface area contributed by atoms with E-state index in [1.165, 1.54) is 24.3 Å². The van der Waals surface area contributed by atoms with Crippen molar-refractivity contribution in [3.8, 4) is 11.5 Å². The van der Waals surface area contributed by atoms with Crippen LogP contribution >= 0.6 is 0 Å². The molecule has 0 atom stereocenters. The Bertz CT molecular complexity index is 789. The minimum Gasteiger partial charge on any atom is -0.494 e. The molecule has 150 valence electrons. The third kappa shape index (κ3) is 7.56. The smallest absolute Gasteiger partial charge is 0.422 e. The number of amides is 1. The summed E-state index contributed by atoms with van der Waals surface area (Å²) in [6.45, 7) is -1.13. The van der Waals surface area contributed by atoms with Gasteiger partial charge in [0.15, 0.2) is 6.61 Å². The van der Waals surface area contributed by atoms with Gasteiger partial charge in [-0.15, -0.1) is 0 Å². The molecule has 2 aromatic rings. The number of hydrogen-bond donors (Lipinski definition) is 2. The summed E-state index contributed by atoms with van der Waals surface area (Å²) in [5, 5.41) is 11.2. The quantitative estimate of drug-likeness (QED) is 0.622. The first-order valence-corrected chi connectivity index (χ1v) is 8.28. The number of carbonyl (C=O) groups excluding carboxylic acids is 1. The van der Waals surface area contributed by atoms with Gasteiger partial charge in [0.1, 0.15) is 11.5 Å². The molecule has 2 N–H and O–H groups in total. The van der Waals surface area contributed by atoms with Crippen molar-refractivity contribution in [2.24, 2.45) is 0 Å². The number of rotatable bonds is 9. The lowest BCUT2D eigenvalue weighted by Gasteiger charge is -2.10. The third-order valence-corrected chi connectivity index (χ3v) is 3.43. The average molecular weight is 397 g/mol. The zero-order valence-corrected chi connectivity index (χ0v) is 14.7. The first kappa shape index (κ1) is 21.1. The third-order valence-electron chi connectivity index (χ3n) is 3.43. The summed E-state index contributed by atoms with van der Waals surface area (Å²) in [5.74, 6) is -0.771. The predicted molar refractivity (Wildman–Crippen MR) is 94.8 cm³/mol. The standard InChI is InChI=1S/C19H18F3NO5/c20-19(21,22)12-28-16-7-3-13(4-8-16)18(26)23-14-5-9-15(10-6-14)27-11-1-2-17(24)25/h3-10H,1-2,11-12H2,(H,23,26)(H,24,25). The highest BCUT2D eigenvalue weighted by atomic mass is 19.4. The Kier molecular flexibility index (Phi) is 7.25. The lowest BCUT2D eigenvalue weighted by atomic mass is 10.2. The molecule has 0 bridgehead atoms. The fraction of sp³-hybridized carbons (Fsp3) is 0.263. The second-order valence-electron chi connectivity index (χ2n) is 5.75. The molecule has 28 heavy (non-hydrogen) atoms. The molecule has 0 saturated heterocycles. The first-order valence-electron chi connectivity index (χ1n) is 8.28. The lowest BCUT2D eigenvalue weighted by Crippen LogP contribution is -2.19. The monoisotopic (exact) mass is 397 g/mol. The maximum Gasteiger partial charge on any atom is 0.422 e. The van der Waals surface area contributed by atoms with Crippen LogP contribution in [0.15, 0.2) is 48.5 Å². The molecule has 0 aliphatic heterocycles. The Morgan fingerprint density at radius 1 is 0.929 bits per heavy atom. The highest BCUT2D eigenvalue weighted by Gasteiger charge is 2.28. The van der Waals surface area contributed by atoms with Crippen LogP contribution in [-0.4, -0.2) is 36.4 Å². The molecule has 6 nitrogen and oxygen atoms in total. The Labute approximate surface area is 158 Å². The van der Waals surface area contributed by atoms with Crippen LogP contribution in [0.4, 0.5) is 18.9 Å². The van der Waals surface area contributed by atoms with Crippen molar-refractivity contribution >= 4 is 17.6 Å². The van der Waals surface area contributed by atoms with Gasteiger partial charge in [-0.25, -0.2) is 0 Å². The van der Waals surface area contributed by atoms with E-state index in [2.05, 4.69) is 10.1 Å². The molecule has 0 heterocycles. The van der Waals surface area contributed by atoms with E-state index in [0.29, 0.717) is 17.9 Å². The summed E-state index contributed by atoms with van der Waals surface area (Å²) in [6.07, 6.45) is -4.02. The molecule has 0 aromatic heterocycles. The lowest BCUT2D eigenvalue weighted by molar-refractivity contribution is -0.153. The number of ether oxygens (including phenoxy) is 2. The van der Waals surface area contributed by atoms with Crippen molar-refractivity contribution in [3.63, 3.8) is 0 Å². The topological polar surface area (TPSA) is 84.9 Å². The second kappa shape index (κ2) is 9.63. The largest absolute Gasteiger partial charge is 0.494 e. The van der Waals surface area contributed by atoms with Gasteiger partial charge >= 0.3 is 12.1 Å². The summed E-state index contributed by atoms with van der Waals surface area (Å²) >= 11 is 0. The van der Waals surface area contributed by atoms with Crippen LogP contribution < -0.4 is 14.8 Å². The van der Waals surface area contributed by atoms with Gasteiger partial charge in [0, 0.05) is 17.7 Å². The van der Waals surface area contributed by atoms with E-state index in [1.807, 2.05) is 0 Å². The van der Waals surface area contributed by atoms with E-state index >= 15 is 0 Å². The van der Waals surface area contributed by atoms with Crippen molar-refractivity contribution in [2.45, 2.75) is 19.0 Å². The normalized spacial score (nSPS) is 11.0. The number of anilines is 1. The molecular formula is C19H18F3NO5. The van der Waals surface area contributed by atoms with E-state index in [9.17, 15) is 22.8 Å². The number of aliphatic carboxylic acids is 1. The number of nitrogens with one attached hydrogen (secondary N) is 1. The van der Waals surface area contributed by atoms with Gasteiger partial charge in [0.05, 0.1) is 6.61 Å². The Balaban J connectivity index is 1.84. The SMILES string of the molecule is O=C(O)CCCOc1ccc(NC(=O)c2ccc(OCC(F)(F)F)cc2)cc1. The van der Waals surface area contributed by atoms with Gasteiger partial charge in [-0.2, -0.15) is 13.2 Å². The predicted octanol–water partition coefficient (Wildman–Crippen LogP) is 4.12. The molecule has 0 unspecified atom stereocenters. The van der Waals surface area contributed by atoms with Crippen molar-refractivity contribution < 1.29 is 37.3 Å². The van der Waals surface area contributed by atoms with Crippen molar-refractivity contribution in [1.82, 2.24) is 0 Å². The minimum atomic E-state index is -4.43. The molecular weight excluding hydrogens is 379 g/mol. The van der Waals surface area contributed by atoms with Gasteiger partial charge in [-0.3, -0.25) is 9.59 Å². The first-order chi connectivity index (χ1) is 13.2. The van der Waals surface area contributed by atoms with Crippen LogP contribution in [0.1, 0.15) is 23.2 Å². The van der Waals surface area contributed by atoms with Crippen molar-refractivity contribution in [2.75, 3.05) is 18.5 Å². The molecule has 0 spiro atoms. The highest BCUT2D eigenvalue weighted by Crippen LogP contribution is 2.20. The molecule has 9 heteroatoms. The van der Waals surface area contributed by atoms with Crippen LogP contribution in [0.3, 0.4) is 0 Å². The summed E-state index contributed by atoms with van der Waals surface area (Å²) in [6, 6.07) is 11.8. The van der Waals surface area contributed by atoms with E-state index in [4.69, 9.17) is 9.84 Å². The maximum atomic E-state index is 12.2. The van der Waals surface area contributed by atoms with Crippen molar-refractivity contribution in [3.05, 3.63) is 54.1 Å². The minimum absolute atomic E-state index is 0.0123. The van der Waals surface area contributed by atoms with Crippen molar-refractivity contribution in [1.29, 1.82) is 0 Å². The maximum absolute atomic E-state index is 12.2. The summed E-state index contributed by atoms with van der Waals surface area (Å²) < 4.78 is 46.3. The summed E-state index contributed by atoms with van der Waals surface area (Å²) in [4.78, 5) is 22.6. The van der Waals surface area contributed by atoms with Crippen LogP contribution in [0.5, 0.6) is 11.5 Å². The fourth-order valence-electron chi connectivity index (χ4n) is 2.12. The fourth-order valence-corrected chi connectivity index (χ4v) is 2.12. The summed E-state index contributed by atoms with van der Waals surface area (Å²) in [7, 11) is 0. The van der Waals surface area contributed by atoms with E-state index in [0.717, 1.165) is 0 Å². The van der Waals surface area contributed by atoms with Gasteiger partial charge in [-0.05, 0) is 55.0 Å². The molecule has 0 aliphatic rings. The zero-order chi connectivity index (χ0) is 20.6. The number of carbonyl (C=O) groups is 2. The van der Waals surface area contributed by atoms with E-state index < -0.39 is 24.7 Å². The van der Waals surface area contributed by atoms with Crippen LogP contribution in [-0.2, 0) is 4.79 Å². The van der Waals surface area contributed by atoms with E-state index in [-0.39, 0.29) is 24.3 Å². The molecule has 2 aromatic carbocycles. The Hall–Kier alpha value is -3.23. The summed E-state index contributed by atoms with van der Waals surface area (Å²) in [5.41, 5.74) is 0.758. The Morgan fingerprint density at radius 3 is 2.07 bits per heavy atom. The van der Waals surface area contributed by atoms with Gasteiger partial charge in [0.25, 0.3) is 5.91 Å². The van der Waals surface area contributed by atoms with Gasteiger partial charge in [-0.1, -0.05) is 0 Å². The molecule has 0 fully saturated rings. The Morgan fingerprint density at radius 2 is 1.50 bits per heavy atom. The number of carboxylic acid groups (broad SMARTS) is 1. The molecule has 0 aliphatic carbocycles. The molecule has 0 saturated carbocycles. The molecule has 1 amide bonds. The average Bonchev–Trinajstić information content (AvgIpc) is 2.64. The second-order valence-corrected chi connectivity index (χ2v) is 5.75. The van der Waals surface area contributed by atoms with Gasteiger partial charge < -0.3 is 19.9 Å². The van der Waals surface area contributed by atoms with Crippen LogP contribution in [0.25, 0.3) is 0 Å². The number of hydrogen-bond acceptors (Lipinski definition) is 4. The number of carboxylic acids is 1. The molecule has 2 rings (SSSR count). The highest BCUT2D eigenvalue weighted by molar-refractivity contribution is 6.04.